The van der Waals surface area contributed by atoms with Crippen molar-refractivity contribution in [2.45, 2.75) is 13.5 Å². The zero-order valence-corrected chi connectivity index (χ0v) is 15.4. The Bertz CT molecular complexity index is 1140. The summed E-state index contributed by atoms with van der Waals surface area (Å²) >= 11 is 0. The van der Waals surface area contributed by atoms with Crippen LogP contribution in [0.2, 0.25) is 0 Å². The molecule has 0 saturated carbocycles. The highest BCUT2D eigenvalue weighted by Crippen LogP contribution is 2.22. The fourth-order valence-electron chi connectivity index (χ4n) is 2.72. The standard InChI is InChI=1S/C19H18N8O/c1-12-7-21-15(8-20-12)9-22-19(28)13-4-3-5-14(6-13)26-17-16-10-25-27(2)18(16)24-11-23-17/h3-8,10-11H,9H2,1-2H3,(H,22,28)(H,23,24,26). The van der Waals surface area contributed by atoms with Crippen molar-refractivity contribution in [3.63, 3.8) is 0 Å². The maximum atomic E-state index is 12.5. The lowest BCUT2D eigenvalue weighted by Gasteiger charge is -2.09. The number of aryl methyl sites for hydroxylation is 2. The van der Waals surface area contributed by atoms with Crippen molar-refractivity contribution in [1.82, 2.24) is 35.0 Å². The molecule has 0 atom stereocenters. The predicted molar refractivity (Wildman–Crippen MR) is 104 cm³/mol. The van der Waals surface area contributed by atoms with Crippen LogP contribution >= 0.6 is 0 Å². The Morgan fingerprint density at radius 3 is 2.82 bits per heavy atom. The summed E-state index contributed by atoms with van der Waals surface area (Å²) in [7, 11) is 1.82. The molecule has 0 aliphatic heterocycles. The van der Waals surface area contributed by atoms with E-state index in [-0.39, 0.29) is 5.91 Å². The Morgan fingerprint density at radius 1 is 1.11 bits per heavy atom. The SMILES string of the molecule is Cc1cnc(CNC(=O)c2cccc(Nc3ncnc4c3cnn4C)c2)cn1. The molecule has 9 heteroatoms. The molecular formula is C19H18N8O. The van der Waals surface area contributed by atoms with Crippen LogP contribution in [0, 0.1) is 6.92 Å². The van der Waals surface area contributed by atoms with Crippen molar-refractivity contribution in [1.29, 1.82) is 0 Å². The molecule has 0 radical (unpaired) electrons. The number of nitrogens with zero attached hydrogens (tertiary/aromatic N) is 6. The lowest BCUT2D eigenvalue weighted by molar-refractivity contribution is 0.0950. The van der Waals surface area contributed by atoms with Gasteiger partial charge in [0.05, 0.1) is 35.7 Å². The number of rotatable bonds is 5. The second kappa shape index (κ2) is 7.39. The van der Waals surface area contributed by atoms with E-state index in [4.69, 9.17) is 0 Å². The Morgan fingerprint density at radius 2 is 2.00 bits per heavy atom. The van der Waals surface area contributed by atoms with E-state index < -0.39 is 0 Å². The van der Waals surface area contributed by atoms with Crippen molar-refractivity contribution in [2.24, 2.45) is 7.05 Å². The van der Waals surface area contributed by atoms with Crippen molar-refractivity contribution < 1.29 is 4.79 Å². The lowest BCUT2D eigenvalue weighted by atomic mass is 10.2. The van der Waals surface area contributed by atoms with E-state index in [1.54, 1.807) is 35.4 Å². The van der Waals surface area contributed by atoms with Crippen molar-refractivity contribution >= 4 is 28.4 Å². The molecule has 9 nitrogen and oxygen atoms in total. The lowest BCUT2D eigenvalue weighted by Crippen LogP contribution is -2.23. The topological polar surface area (TPSA) is 111 Å². The van der Waals surface area contributed by atoms with Gasteiger partial charge in [0.25, 0.3) is 5.91 Å². The average Bonchev–Trinajstić information content (AvgIpc) is 3.10. The van der Waals surface area contributed by atoms with Crippen LogP contribution in [-0.4, -0.2) is 35.6 Å². The number of carbonyl (C=O) groups excluding carboxylic acids is 1. The van der Waals surface area contributed by atoms with Crippen LogP contribution in [0.25, 0.3) is 11.0 Å². The number of aromatic nitrogens is 6. The highest BCUT2D eigenvalue weighted by Gasteiger charge is 2.10. The van der Waals surface area contributed by atoms with Crippen LogP contribution in [0.1, 0.15) is 21.7 Å². The summed E-state index contributed by atoms with van der Waals surface area (Å²) in [5, 5.41) is 11.1. The molecule has 140 valence electrons. The number of amides is 1. The minimum absolute atomic E-state index is 0.194. The first kappa shape index (κ1) is 17.5. The second-order valence-electron chi connectivity index (χ2n) is 6.27. The highest BCUT2D eigenvalue weighted by molar-refractivity contribution is 5.95. The van der Waals surface area contributed by atoms with Crippen molar-refractivity contribution in [2.75, 3.05) is 5.32 Å². The minimum atomic E-state index is -0.194. The molecular weight excluding hydrogens is 356 g/mol. The molecule has 0 aliphatic carbocycles. The van der Waals surface area contributed by atoms with Gasteiger partial charge in [0.15, 0.2) is 5.65 Å². The number of hydrogen-bond donors (Lipinski definition) is 2. The molecule has 1 amide bonds. The van der Waals surface area contributed by atoms with Gasteiger partial charge < -0.3 is 10.6 Å². The van der Waals surface area contributed by atoms with E-state index in [1.165, 1.54) is 6.33 Å². The number of fused-ring (bicyclic) bond motifs is 1. The molecule has 4 rings (SSSR count). The molecule has 4 aromatic rings. The molecule has 3 heterocycles. The third-order valence-electron chi connectivity index (χ3n) is 4.18. The van der Waals surface area contributed by atoms with Gasteiger partial charge in [-0.25, -0.2) is 9.97 Å². The van der Waals surface area contributed by atoms with Crippen LogP contribution < -0.4 is 10.6 Å². The summed E-state index contributed by atoms with van der Waals surface area (Å²) < 4.78 is 1.68. The van der Waals surface area contributed by atoms with Gasteiger partial charge in [-0.15, -0.1) is 0 Å². The van der Waals surface area contributed by atoms with Gasteiger partial charge >= 0.3 is 0 Å². The smallest absolute Gasteiger partial charge is 0.251 e. The summed E-state index contributed by atoms with van der Waals surface area (Å²) in [4.78, 5) is 29.4. The van der Waals surface area contributed by atoms with E-state index >= 15 is 0 Å². The Labute approximate surface area is 160 Å². The summed E-state index contributed by atoms with van der Waals surface area (Å²) in [5.41, 5.74) is 3.54. The summed E-state index contributed by atoms with van der Waals surface area (Å²) in [5.74, 6) is 0.436. The van der Waals surface area contributed by atoms with Gasteiger partial charge in [0.1, 0.15) is 12.1 Å². The number of carbonyl (C=O) groups is 1. The first-order chi connectivity index (χ1) is 13.6. The highest BCUT2D eigenvalue weighted by atomic mass is 16.1. The molecule has 2 N–H and O–H groups in total. The first-order valence-electron chi connectivity index (χ1n) is 8.65. The number of hydrogen-bond acceptors (Lipinski definition) is 7. The number of benzene rings is 1. The van der Waals surface area contributed by atoms with E-state index in [1.807, 2.05) is 26.1 Å². The average molecular weight is 374 g/mol. The molecule has 0 saturated heterocycles. The molecule has 0 spiro atoms. The summed E-state index contributed by atoms with van der Waals surface area (Å²) in [6, 6.07) is 7.19. The molecule has 0 unspecified atom stereocenters. The van der Waals surface area contributed by atoms with Crippen molar-refractivity contribution in [3.05, 3.63) is 66.1 Å². The number of nitrogens with one attached hydrogen (secondary N) is 2. The van der Waals surface area contributed by atoms with Gasteiger partial charge in [-0.05, 0) is 25.1 Å². The quantitative estimate of drug-likeness (QED) is 0.550. The molecule has 3 aromatic heterocycles. The normalized spacial score (nSPS) is 10.8. The fourth-order valence-corrected chi connectivity index (χ4v) is 2.72. The van der Waals surface area contributed by atoms with Crippen LogP contribution in [-0.2, 0) is 13.6 Å². The Balaban J connectivity index is 1.49. The third kappa shape index (κ3) is 3.63. The largest absolute Gasteiger partial charge is 0.346 e. The van der Waals surface area contributed by atoms with E-state index in [0.717, 1.165) is 22.4 Å². The fraction of sp³-hybridized carbons (Fsp3) is 0.158. The maximum Gasteiger partial charge on any atom is 0.251 e. The minimum Gasteiger partial charge on any atom is -0.346 e. The first-order valence-corrected chi connectivity index (χ1v) is 8.65. The van der Waals surface area contributed by atoms with E-state index in [0.29, 0.717) is 23.6 Å². The van der Waals surface area contributed by atoms with E-state index in [9.17, 15) is 4.79 Å². The molecule has 0 fully saturated rings. The van der Waals surface area contributed by atoms with Crippen LogP contribution in [0.5, 0.6) is 0 Å². The van der Waals surface area contributed by atoms with Gasteiger partial charge in [-0.2, -0.15) is 5.10 Å². The Hall–Kier alpha value is -3.88. The van der Waals surface area contributed by atoms with Gasteiger partial charge in [-0.3, -0.25) is 19.4 Å². The maximum absolute atomic E-state index is 12.5. The Kier molecular flexibility index (Phi) is 4.63. The summed E-state index contributed by atoms with van der Waals surface area (Å²) in [6.07, 6.45) is 6.51. The van der Waals surface area contributed by atoms with Crippen LogP contribution in [0.15, 0.2) is 49.2 Å². The van der Waals surface area contributed by atoms with Crippen LogP contribution in [0.4, 0.5) is 11.5 Å². The monoisotopic (exact) mass is 374 g/mol. The van der Waals surface area contributed by atoms with Gasteiger partial charge in [-0.1, -0.05) is 6.07 Å². The summed E-state index contributed by atoms with van der Waals surface area (Å²) in [6.45, 7) is 2.18. The zero-order valence-electron chi connectivity index (χ0n) is 15.4. The zero-order chi connectivity index (χ0) is 19.5. The van der Waals surface area contributed by atoms with Gasteiger partial charge in [0, 0.05) is 24.5 Å². The molecule has 0 aliphatic rings. The molecule has 28 heavy (non-hydrogen) atoms. The predicted octanol–water partition coefficient (Wildman–Crippen LogP) is 2.14. The molecule has 1 aromatic carbocycles. The number of anilines is 2. The van der Waals surface area contributed by atoms with Crippen molar-refractivity contribution in [3.8, 4) is 0 Å². The van der Waals surface area contributed by atoms with E-state index in [2.05, 4.69) is 35.7 Å². The molecule has 0 bridgehead atoms. The third-order valence-corrected chi connectivity index (χ3v) is 4.18. The van der Waals surface area contributed by atoms with Crippen LogP contribution in [0.3, 0.4) is 0 Å². The van der Waals surface area contributed by atoms with Gasteiger partial charge in [0.2, 0.25) is 0 Å². The second-order valence-corrected chi connectivity index (χ2v) is 6.27.